The third-order valence-electron chi connectivity index (χ3n) is 5.74. The Kier molecular flexibility index (Phi) is 5.97. The van der Waals surface area contributed by atoms with E-state index in [0.29, 0.717) is 18.1 Å². The molecule has 0 saturated carbocycles. The lowest BCUT2D eigenvalue weighted by atomic mass is 10.1. The topological polar surface area (TPSA) is 103 Å². The summed E-state index contributed by atoms with van der Waals surface area (Å²) in [5.74, 6) is -0.0107. The molecule has 2 N–H and O–H groups in total. The number of carbonyl (C=O) groups excluding carboxylic acids is 2. The number of nitrogens with zero attached hydrogens (tertiary/aromatic N) is 5. The smallest absolute Gasteiger partial charge is 0.272 e. The van der Waals surface area contributed by atoms with Crippen LogP contribution in [0.3, 0.4) is 0 Å². The molecule has 0 aromatic carbocycles. The molecule has 2 bridgehead atoms. The van der Waals surface area contributed by atoms with Gasteiger partial charge in [0.25, 0.3) is 5.91 Å². The molecule has 31 heavy (non-hydrogen) atoms. The van der Waals surface area contributed by atoms with E-state index in [-0.39, 0.29) is 23.7 Å². The summed E-state index contributed by atoms with van der Waals surface area (Å²) in [6.07, 6.45) is 6.48. The number of aromatic nitrogens is 3. The maximum atomic E-state index is 14.2. The van der Waals surface area contributed by atoms with Crippen LogP contribution < -0.4 is 15.5 Å². The van der Waals surface area contributed by atoms with Crippen LogP contribution in [0.25, 0.3) is 0 Å². The average molecular weight is 427 g/mol. The molecular weight excluding hydrogens is 401 g/mol. The van der Waals surface area contributed by atoms with E-state index in [9.17, 15) is 14.0 Å². The number of piperazine rings is 1. The molecule has 4 heterocycles. The van der Waals surface area contributed by atoms with Gasteiger partial charge in [0.05, 0.1) is 11.9 Å². The van der Waals surface area contributed by atoms with Crippen LogP contribution in [0.2, 0.25) is 0 Å². The maximum absolute atomic E-state index is 14.2. The van der Waals surface area contributed by atoms with Crippen LogP contribution in [0, 0.1) is 5.82 Å². The summed E-state index contributed by atoms with van der Waals surface area (Å²) in [7, 11) is 1.42. The highest BCUT2D eigenvalue weighted by molar-refractivity contribution is 5.92. The molecule has 0 unspecified atom stereocenters. The second-order valence-corrected chi connectivity index (χ2v) is 7.84. The van der Waals surface area contributed by atoms with Gasteiger partial charge in [0.1, 0.15) is 5.82 Å². The second-order valence-electron chi connectivity index (χ2n) is 7.84. The predicted molar refractivity (Wildman–Crippen MR) is 114 cm³/mol. The second kappa shape index (κ2) is 8.83. The molecule has 2 amide bonds. The summed E-state index contributed by atoms with van der Waals surface area (Å²) >= 11 is 0. The number of carbonyl (C=O) groups is 2. The Bertz CT molecular complexity index is 972. The SMILES string of the molecule is CCCC(=O)N1[C@@H]2CC[C@H]1CN(c1ccnc(Nc3cnc(C(=O)NC)c(F)c3)n1)C2. The molecule has 2 aromatic rings. The van der Waals surface area contributed by atoms with Crippen molar-refractivity contribution >= 4 is 29.3 Å². The highest BCUT2D eigenvalue weighted by atomic mass is 19.1. The van der Waals surface area contributed by atoms with E-state index in [1.807, 2.05) is 13.0 Å². The molecule has 2 saturated heterocycles. The lowest BCUT2D eigenvalue weighted by molar-refractivity contribution is -0.134. The van der Waals surface area contributed by atoms with Gasteiger partial charge in [0, 0.05) is 50.9 Å². The minimum Gasteiger partial charge on any atom is -0.354 e. The molecule has 4 rings (SSSR count). The molecule has 2 atom stereocenters. The minimum atomic E-state index is -0.732. The molecule has 0 spiro atoms. The minimum absolute atomic E-state index is 0.208. The van der Waals surface area contributed by atoms with Crippen molar-refractivity contribution in [3.05, 3.63) is 36.0 Å². The van der Waals surface area contributed by atoms with Crippen molar-refractivity contribution in [2.75, 3.05) is 30.4 Å². The Balaban J connectivity index is 1.47. The van der Waals surface area contributed by atoms with Gasteiger partial charge in [0.15, 0.2) is 11.5 Å². The van der Waals surface area contributed by atoms with Gasteiger partial charge in [-0.05, 0) is 25.3 Å². The Morgan fingerprint density at radius 2 is 1.97 bits per heavy atom. The fraction of sp³-hybridized carbons (Fsp3) is 0.476. The van der Waals surface area contributed by atoms with Gasteiger partial charge in [0.2, 0.25) is 11.9 Å². The number of fused-ring (bicyclic) bond motifs is 2. The van der Waals surface area contributed by atoms with Crippen molar-refractivity contribution in [3.8, 4) is 0 Å². The molecule has 164 valence electrons. The zero-order valence-corrected chi connectivity index (χ0v) is 17.6. The van der Waals surface area contributed by atoms with Crippen molar-refractivity contribution in [2.24, 2.45) is 0 Å². The van der Waals surface area contributed by atoms with Gasteiger partial charge in [-0.3, -0.25) is 9.59 Å². The summed E-state index contributed by atoms with van der Waals surface area (Å²) in [5.41, 5.74) is 0.0750. The van der Waals surface area contributed by atoms with E-state index in [2.05, 4.69) is 35.4 Å². The first-order chi connectivity index (χ1) is 15.0. The summed E-state index contributed by atoms with van der Waals surface area (Å²) in [6.45, 7) is 3.50. The van der Waals surface area contributed by atoms with E-state index in [1.165, 1.54) is 19.3 Å². The molecular formula is C21H26FN7O2. The average Bonchev–Trinajstić information content (AvgIpc) is 3.03. The number of hydrogen-bond acceptors (Lipinski definition) is 7. The van der Waals surface area contributed by atoms with Crippen LogP contribution in [-0.4, -0.2) is 63.9 Å². The van der Waals surface area contributed by atoms with Crippen LogP contribution in [0.1, 0.15) is 43.1 Å². The van der Waals surface area contributed by atoms with Crippen molar-refractivity contribution in [1.29, 1.82) is 0 Å². The van der Waals surface area contributed by atoms with E-state index < -0.39 is 11.7 Å². The Labute approximate surface area is 180 Å². The van der Waals surface area contributed by atoms with E-state index in [0.717, 1.165) is 38.2 Å². The number of hydrogen-bond donors (Lipinski definition) is 2. The van der Waals surface area contributed by atoms with Crippen LogP contribution >= 0.6 is 0 Å². The third kappa shape index (κ3) is 4.28. The first-order valence-electron chi connectivity index (χ1n) is 10.5. The molecule has 10 heteroatoms. The molecule has 0 radical (unpaired) electrons. The monoisotopic (exact) mass is 427 g/mol. The Morgan fingerprint density at radius 1 is 1.23 bits per heavy atom. The quantitative estimate of drug-likeness (QED) is 0.728. The van der Waals surface area contributed by atoms with Gasteiger partial charge in [-0.1, -0.05) is 6.92 Å². The Hall–Kier alpha value is -3.30. The lowest BCUT2D eigenvalue weighted by Crippen LogP contribution is -2.56. The first kappa shape index (κ1) is 21.0. The number of amides is 2. The van der Waals surface area contributed by atoms with E-state index in [1.54, 1.807) is 6.20 Å². The highest BCUT2D eigenvalue weighted by Crippen LogP contribution is 2.33. The summed E-state index contributed by atoms with van der Waals surface area (Å²) in [4.78, 5) is 41.0. The number of halogens is 1. The van der Waals surface area contributed by atoms with Gasteiger partial charge in [-0.25, -0.2) is 14.4 Å². The summed E-state index contributed by atoms with van der Waals surface area (Å²) < 4.78 is 14.2. The maximum Gasteiger partial charge on any atom is 0.272 e. The number of nitrogens with one attached hydrogen (secondary N) is 2. The standard InChI is InChI=1S/C21H26FN7O2/c1-3-4-18(30)29-14-5-6-15(29)12-28(11-14)17-7-8-24-21(27-17)26-13-9-16(22)19(25-10-13)20(31)23-2/h7-10,14-15H,3-6,11-12H2,1-2H3,(H,23,31)(H,24,26,27)/t14-,15+. The van der Waals surface area contributed by atoms with E-state index >= 15 is 0 Å². The predicted octanol–water partition coefficient (Wildman–Crippen LogP) is 2.09. The van der Waals surface area contributed by atoms with Crippen LogP contribution in [0.15, 0.2) is 24.5 Å². The molecule has 2 aliphatic heterocycles. The molecule has 0 aliphatic carbocycles. The zero-order valence-electron chi connectivity index (χ0n) is 17.6. The fourth-order valence-electron chi connectivity index (χ4n) is 4.35. The number of anilines is 3. The lowest BCUT2D eigenvalue weighted by Gasteiger charge is -2.41. The normalized spacial score (nSPS) is 20.0. The van der Waals surface area contributed by atoms with Crippen molar-refractivity contribution < 1.29 is 14.0 Å². The first-order valence-corrected chi connectivity index (χ1v) is 10.5. The van der Waals surface area contributed by atoms with Gasteiger partial charge >= 0.3 is 0 Å². The van der Waals surface area contributed by atoms with Gasteiger partial charge in [-0.2, -0.15) is 4.98 Å². The van der Waals surface area contributed by atoms with Crippen LogP contribution in [-0.2, 0) is 4.79 Å². The molecule has 2 aliphatic rings. The van der Waals surface area contributed by atoms with Crippen LogP contribution in [0.5, 0.6) is 0 Å². The largest absolute Gasteiger partial charge is 0.354 e. The van der Waals surface area contributed by atoms with Crippen molar-refractivity contribution in [3.63, 3.8) is 0 Å². The molecule has 2 fully saturated rings. The molecule has 9 nitrogen and oxygen atoms in total. The van der Waals surface area contributed by atoms with E-state index in [4.69, 9.17) is 0 Å². The Morgan fingerprint density at radius 3 is 2.61 bits per heavy atom. The van der Waals surface area contributed by atoms with Gasteiger partial charge < -0.3 is 20.4 Å². The highest BCUT2D eigenvalue weighted by Gasteiger charge is 2.42. The zero-order chi connectivity index (χ0) is 22.0. The third-order valence-corrected chi connectivity index (χ3v) is 5.74. The van der Waals surface area contributed by atoms with Crippen molar-refractivity contribution in [2.45, 2.75) is 44.7 Å². The fourth-order valence-corrected chi connectivity index (χ4v) is 4.35. The number of rotatable bonds is 6. The van der Waals surface area contributed by atoms with Crippen molar-refractivity contribution in [1.82, 2.24) is 25.2 Å². The summed E-state index contributed by atoms with van der Waals surface area (Å²) in [5, 5.41) is 5.29. The molecule has 2 aromatic heterocycles. The van der Waals surface area contributed by atoms with Crippen LogP contribution in [0.4, 0.5) is 21.8 Å². The number of pyridine rings is 1. The summed E-state index contributed by atoms with van der Waals surface area (Å²) in [6, 6.07) is 3.44. The van der Waals surface area contributed by atoms with Gasteiger partial charge in [-0.15, -0.1) is 0 Å².